The Morgan fingerprint density at radius 1 is 1.31 bits per heavy atom. The van der Waals surface area contributed by atoms with Gasteiger partial charge in [0.15, 0.2) is 0 Å². The highest BCUT2D eigenvalue weighted by molar-refractivity contribution is 5.95. The molecule has 0 unspecified atom stereocenters. The summed E-state index contributed by atoms with van der Waals surface area (Å²) in [4.78, 5) is 11.8. The number of carbonyl (C=O) groups is 1. The Morgan fingerprint density at radius 2 is 1.88 bits per heavy atom. The molecule has 0 bridgehead atoms. The van der Waals surface area contributed by atoms with Crippen LogP contribution in [0.15, 0.2) is 11.8 Å². The lowest BCUT2D eigenvalue weighted by atomic mass is 10.1. The quantitative estimate of drug-likeness (QED) is 0.277. The maximum Gasteiger partial charge on any atom is 0.254 e. The first kappa shape index (κ1) is 14.9. The van der Waals surface area contributed by atoms with Crippen LogP contribution in [-0.2, 0) is 4.79 Å². The first-order chi connectivity index (χ1) is 7.55. The fourth-order valence-electron chi connectivity index (χ4n) is 1.21. The van der Waals surface area contributed by atoms with E-state index in [9.17, 15) is 9.90 Å². The van der Waals surface area contributed by atoms with E-state index in [0.717, 1.165) is 6.42 Å². The number of likely N-dealkylation sites (N-methyl/N-ethyl adjacent to an activating group) is 2. The van der Waals surface area contributed by atoms with Crippen LogP contribution in [-0.4, -0.2) is 44.6 Å². The van der Waals surface area contributed by atoms with Crippen molar-refractivity contribution in [1.29, 1.82) is 0 Å². The van der Waals surface area contributed by atoms with Crippen molar-refractivity contribution < 1.29 is 9.90 Å². The summed E-state index contributed by atoms with van der Waals surface area (Å²) < 4.78 is 0. The molecule has 6 nitrogen and oxygen atoms in total. The monoisotopic (exact) mass is 230 g/mol. The molecule has 0 atom stereocenters. The molecule has 0 fully saturated rings. The summed E-state index contributed by atoms with van der Waals surface area (Å²) in [6.45, 7) is 2.54. The maximum absolute atomic E-state index is 11.8. The van der Waals surface area contributed by atoms with Gasteiger partial charge in [-0.15, -0.1) is 0 Å². The van der Waals surface area contributed by atoms with Crippen LogP contribution < -0.4 is 21.3 Å². The summed E-state index contributed by atoms with van der Waals surface area (Å²) in [5.41, 5.74) is 0.188. The van der Waals surface area contributed by atoms with Gasteiger partial charge in [0, 0.05) is 19.8 Å². The van der Waals surface area contributed by atoms with Crippen molar-refractivity contribution in [1.82, 2.24) is 21.3 Å². The van der Waals surface area contributed by atoms with Crippen molar-refractivity contribution >= 4 is 5.91 Å². The SMILES string of the molecule is CCCNC(=O)C(=CNC)C(O)(NC)NC. The number of aliphatic hydroxyl groups is 1. The predicted octanol–water partition coefficient (Wildman–Crippen LogP) is -1.30. The molecule has 0 aromatic rings. The molecule has 0 saturated carbocycles. The molecule has 0 aliphatic heterocycles. The standard InChI is InChI=1S/C10H22N4O2/c1-5-6-14-9(15)8(7-11-2)10(16,12-3)13-4/h7,11-13,16H,5-6H2,1-4H3,(H,14,15). The van der Waals surface area contributed by atoms with Crippen LogP contribution in [0.3, 0.4) is 0 Å². The molecule has 0 aromatic heterocycles. The van der Waals surface area contributed by atoms with Crippen LogP contribution in [0.4, 0.5) is 0 Å². The Balaban J connectivity index is 4.86. The van der Waals surface area contributed by atoms with Gasteiger partial charge in [-0.25, -0.2) is 0 Å². The molecule has 6 heteroatoms. The molecule has 0 radical (unpaired) electrons. The number of nitrogens with one attached hydrogen (secondary N) is 4. The van der Waals surface area contributed by atoms with Gasteiger partial charge >= 0.3 is 0 Å². The van der Waals surface area contributed by atoms with E-state index in [1.807, 2.05) is 6.92 Å². The largest absolute Gasteiger partial charge is 0.393 e. The predicted molar refractivity (Wildman–Crippen MR) is 63.5 cm³/mol. The molecular weight excluding hydrogens is 208 g/mol. The van der Waals surface area contributed by atoms with Gasteiger partial charge in [-0.2, -0.15) is 0 Å². The van der Waals surface area contributed by atoms with Gasteiger partial charge in [-0.1, -0.05) is 6.92 Å². The molecule has 5 N–H and O–H groups in total. The minimum absolute atomic E-state index is 0.188. The van der Waals surface area contributed by atoms with Gasteiger partial charge in [0.1, 0.15) is 0 Å². The second-order valence-electron chi connectivity index (χ2n) is 3.31. The van der Waals surface area contributed by atoms with E-state index >= 15 is 0 Å². The Morgan fingerprint density at radius 3 is 2.25 bits per heavy atom. The highest BCUT2D eigenvalue weighted by Gasteiger charge is 2.32. The van der Waals surface area contributed by atoms with E-state index in [4.69, 9.17) is 0 Å². The summed E-state index contributed by atoms with van der Waals surface area (Å²) in [5, 5.41) is 20.8. The fraction of sp³-hybridized carbons (Fsp3) is 0.700. The Kier molecular flexibility index (Phi) is 6.71. The van der Waals surface area contributed by atoms with Crippen LogP contribution in [0.1, 0.15) is 13.3 Å². The molecule has 0 spiro atoms. The Labute approximate surface area is 96.5 Å². The van der Waals surface area contributed by atoms with Crippen LogP contribution in [0.25, 0.3) is 0 Å². The maximum atomic E-state index is 11.8. The lowest BCUT2D eigenvalue weighted by Gasteiger charge is -2.28. The van der Waals surface area contributed by atoms with Crippen LogP contribution in [0, 0.1) is 0 Å². The summed E-state index contributed by atoms with van der Waals surface area (Å²) in [7, 11) is 4.79. The molecule has 0 heterocycles. The number of hydrogen-bond donors (Lipinski definition) is 5. The third-order valence-electron chi connectivity index (χ3n) is 2.18. The van der Waals surface area contributed by atoms with Gasteiger partial charge in [-0.3, -0.25) is 15.4 Å². The third kappa shape index (κ3) is 3.80. The Bertz CT molecular complexity index is 249. The minimum atomic E-state index is -1.54. The van der Waals surface area contributed by atoms with Crippen LogP contribution in [0.2, 0.25) is 0 Å². The highest BCUT2D eigenvalue weighted by atomic mass is 16.3. The fourth-order valence-corrected chi connectivity index (χ4v) is 1.21. The van der Waals surface area contributed by atoms with E-state index in [2.05, 4.69) is 21.3 Å². The molecule has 0 rings (SSSR count). The van der Waals surface area contributed by atoms with Crippen molar-refractivity contribution in [3.05, 3.63) is 11.8 Å². The van der Waals surface area contributed by atoms with E-state index < -0.39 is 5.85 Å². The van der Waals surface area contributed by atoms with E-state index in [-0.39, 0.29) is 11.5 Å². The molecule has 0 aromatic carbocycles. The molecule has 1 amide bonds. The van der Waals surface area contributed by atoms with Crippen molar-refractivity contribution in [2.24, 2.45) is 0 Å². The third-order valence-corrected chi connectivity index (χ3v) is 2.18. The molecule has 0 aliphatic carbocycles. The second-order valence-corrected chi connectivity index (χ2v) is 3.31. The first-order valence-corrected chi connectivity index (χ1v) is 5.32. The average molecular weight is 230 g/mol. The zero-order chi connectivity index (χ0) is 12.6. The molecule has 0 saturated heterocycles. The van der Waals surface area contributed by atoms with Gasteiger partial charge in [-0.05, 0) is 20.5 Å². The van der Waals surface area contributed by atoms with Crippen molar-refractivity contribution in [3.8, 4) is 0 Å². The van der Waals surface area contributed by atoms with E-state index in [0.29, 0.717) is 6.54 Å². The number of carbonyl (C=O) groups excluding carboxylic acids is 1. The lowest BCUT2D eigenvalue weighted by molar-refractivity contribution is -0.120. The molecule has 0 aliphatic rings. The van der Waals surface area contributed by atoms with E-state index in [1.54, 1.807) is 21.1 Å². The molecule has 16 heavy (non-hydrogen) atoms. The second kappa shape index (κ2) is 7.21. The minimum Gasteiger partial charge on any atom is -0.393 e. The number of amides is 1. The highest BCUT2D eigenvalue weighted by Crippen LogP contribution is 2.09. The topological polar surface area (TPSA) is 85.4 Å². The summed E-state index contributed by atoms with van der Waals surface area (Å²) in [5.74, 6) is -1.86. The number of rotatable bonds is 7. The van der Waals surface area contributed by atoms with Crippen molar-refractivity contribution in [3.63, 3.8) is 0 Å². The van der Waals surface area contributed by atoms with E-state index in [1.165, 1.54) is 6.20 Å². The van der Waals surface area contributed by atoms with Gasteiger partial charge in [0.2, 0.25) is 5.85 Å². The molecule has 94 valence electrons. The van der Waals surface area contributed by atoms with Gasteiger partial charge in [0.05, 0.1) is 5.57 Å². The zero-order valence-corrected chi connectivity index (χ0v) is 10.3. The van der Waals surface area contributed by atoms with Crippen LogP contribution in [0.5, 0.6) is 0 Å². The summed E-state index contributed by atoms with van der Waals surface area (Å²) >= 11 is 0. The van der Waals surface area contributed by atoms with Gasteiger partial charge in [0.25, 0.3) is 5.91 Å². The first-order valence-electron chi connectivity index (χ1n) is 5.32. The van der Waals surface area contributed by atoms with Crippen molar-refractivity contribution in [2.45, 2.75) is 19.2 Å². The smallest absolute Gasteiger partial charge is 0.254 e. The van der Waals surface area contributed by atoms with Gasteiger partial charge < -0.3 is 15.7 Å². The average Bonchev–Trinajstić information content (AvgIpc) is 2.32. The lowest BCUT2D eigenvalue weighted by Crippen LogP contribution is -2.58. The zero-order valence-electron chi connectivity index (χ0n) is 10.3. The van der Waals surface area contributed by atoms with Crippen molar-refractivity contribution in [2.75, 3.05) is 27.7 Å². The Hall–Kier alpha value is -1.11. The summed E-state index contributed by atoms with van der Waals surface area (Å²) in [6.07, 6.45) is 2.30. The normalized spacial score (nSPS) is 12.4. The summed E-state index contributed by atoms with van der Waals surface area (Å²) in [6, 6.07) is 0. The number of hydrogen-bond acceptors (Lipinski definition) is 5. The molecular formula is C10H22N4O2. The van der Waals surface area contributed by atoms with Crippen LogP contribution >= 0.6 is 0 Å².